The number of thiophene rings is 1. The van der Waals surface area contributed by atoms with Crippen LogP contribution in [0.1, 0.15) is 17.4 Å². The first kappa shape index (κ1) is 14.4. The van der Waals surface area contributed by atoms with E-state index in [9.17, 15) is 9.90 Å². The van der Waals surface area contributed by atoms with Gasteiger partial charge >= 0.3 is 6.09 Å². The smallest absolute Gasteiger partial charge is 0.407 e. The molecule has 4 rings (SSSR count). The Labute approximate surface area is 140 Å². The van der Waals surface area contributed by atoms with Crippen molar-refractivity contribution in [3.8, 4) is 10.6 Å². The van der Waals surface area contributed by atoms with E-state index in [0.717, 1.165) is 31.2 Å². The highest BCUT2D eigenvalue weighted by atomic mass is 32.1. The SMILES string of the molecule is C[C@@H]1Cc2c(sc(N)c2-c2nc3cnccc3s2)CN1C(=O)O. The van der Waals surface area contributed by atoms with Crippen LogP contribution in [0, 0.1) is 0 Å². The minimum Gasteiger partial charge on any atom is -0.465 e. The molecule has 0 bridgehead atoms. The van der Waals surface area contributed by atoms with Crippen LogP contribution in [0.15, 0.2) is 18.5 Å². The molecular weight excluding hydrogens is 332 g/mol. The molecule has 0 unspecified atom stereocenters. The summed E-state index contributed by atoms with van der Waals surface area (Å²) in [6.07, 6.45) is 3.28. The average molecular weight is 346 g/mol. The van der Waals surface area contributed by atoms with E-state index in [2.05, 4.69) is 9.97 Å². The van der Waals surface area contributed by atoms with Crippen molar-refractivity contribution in [2.45, 2.75) is 25.9 Å². The minimum absolute atomic E-state index is 0.0659. The summed E-state index contributed by atoms with van der Waals surface area (Å²) in [5.74, 6) is 0. The Morgan fingerprint density at radius 1 is 1.48 bits per heavy atom. The molecule has 6 nitrogen and oxygen atoms in total. The van der Waals surface area contributed by atoms with E-state index in [4.69, 9.17) is 5.73 Å². The van der Waals surface area contributed by atoms with Gasteiger partial charge in [0.1, 0.15) is 10.5 Å². The Morgan fingerprint density at radius 3 is 3.04 bits per heavy atom. The number of hydrogen-bond acceptors (Lipinski definition) is 6. The largest absolute Gasteiger partial charge is 0.465 e. The van der Waals surface area contributed by atoms with E-state index >= 15 is 0 Å². The van der Waals surface area contributed by atoms with Gasteiger partial charge in [-0.25, -0.2) is 9.78 Å². The van der Waals surface area contributed by atoms with E-state index in [0.29, 0.717) is 18.0 Å². The number of amides is 1. The van der Waals surface area contributed by atoms with Gasteiger partial charge in [0.25, 0.3) is 0 Å². The van der Waals surface area contributed by atoms with Crippen molar-refractivity contribution in [2.75, 3.05) is 5.73 Å². The Balaban J connectivity index is 1.83. The number of carboxylic acid groups (broad SMARTS) is 1. The maximum Gasteiger partial charge on any atom is 0.407 e. The number of nitrogens with zero attached hydrogens (tertiary/aromatic N) is 3. The van der Waals surface area contributed by atoms with Crippen LogP contribution in [0.3, 0.4) is 0 Å². The van der Waals surface area contributed by atoms with E-state index < -0.39 is 6.09 Å². The lowest BCUT2D eigenvalue weighted by Gasteiger charge is -2.31. The third kappa shape index (κ3) is 2.25. The first-order valence-electron chi connectivity index (χ1n) is 7.15. The molecular formula is C15H14N4O2S2. The van der Waals surface area contributed by atoms with E-state index in [-0.39, 0.29) is 6.04 Å². The highest BCUT2D eigenvalue weighted by molar-refractivity contribution is 7.22. The Kier molecular flexibility index (Phi) is 3.24. The van der Waals surface area contributed by atoms with Crippen molar-refractivity contribution in [3.63, 3.8) is 0 Å². The fraction of sp³-hybridized carbons (Fsp3) is 0.267. The molecule has 1 amide bonds. The predicted molar refractivity (Wildman–Crippen MR) is 91.9 cm³/mol. The Morgan fingerprint density at radius 2 is 2.30 bits per heavy atom. The second kappa shape index (κ2) is 5.17. The maximum atomic E-state index is 11.3. The van der Waals surface area contributed by atoms with Crippen LogP contribution < -0.4 is 5.73 Å². The molecule has 0 radical (unpaired) electrons. The Hall–Kier alpha value is -2.19. The summed E-state index contributed by atoms with van der Waals surface area (Å²) in [6, 6.07) is 1.88. The second-order valence-electron chi connectivity index (χ2n) is 5.57. The van der Waals surface area contributed by atoms with Crippen molar-refractivity contribution in [1.82, 2.24) is 14.9 Å². The van der Waals surface area contributed by atoms with Gasteiger partial charge in [-0.05, 0) is 25.0 Å². The summed E-state index contributed by atoms with van der Waals surface area (Å²) in [7, 11) is 0. The summed E-state index contributed by atoms with van der Waals surface area (Å²) in [4.78, 5) is 22.6. The molecule has 118 valence electrons. The highest BCUT2D eigenvalue weighted by Crippen LogP contribution is 2.44. The molecule has 3 N–H and O–H groups in total. The lowest BCUT2D eigenvalue weighted by molar-refractivity contribution is 0.120. The minimum atomic E-state index is -0.886. The highest BCUT2D eigenvalue weighted by Gasteiger charge is 2.32. The number of nitrogens with two attached hydrogens (primary N) is 1. The number of hydrogen-bond donors (Lipinski definition) is 2. The van der Waals surface area contributed by atoms with Gasteiger partial charge in [0.15, 0.2) is 0 Å². The summed E-state index contributed by atoms with van der Waals surface area (Å²) in [5, 5.41) is 10.9. The van der Waals surface area contributed by atoms with Gasteiger partial charge in [0.2, 0.25) is 0 Å². The molecule has 3 aromatic heterocycles. The van der Waals surface area contributed by atoms with Gasteiger partial charge in [0, 0.05) is 22.7 Å². The van der Waals surface area contributed by atoms with Crippen LogP contribution in [-0.4, -0.2) is 32.1 Å². The number of nitrogen functional groups attached to an aromatic ring is 1. The Bertz CT molecular complexity index is 884. The third-order valence-corrected chi connectivity index (χ3v) is 6.21. The first-order chi connectivity index (χ1) is 11.0. The third-order valence-electron chi connectivity index (χ3n) is 4.11. The number of carbonyl (C=O) groups is 1. The van der Waals surface area contributed by atoms with Crippen molar-refractivity contribution in [2.24, 2.45) is 0 Å². The van der Waals surface area contributed by atoms with Gasteiger partial charge in [-0.15, -0.1) is 22.7 Å². The van der Waals surface area contributed by atoms with Crippen LogP contribution in [0.4, 0.5) is 9.80 Å². The molecule has 0 saturated carbocycles. The van der Waals surface area contributed by atoms with Crippen LogP contribution in [0.2, 0.25) is 0 Å². The van der Waals surface area contributed by atoms with E-state index in [1.807, 2.05) is 13.0 Å². The van der Waals surface area contributed by atoms with Gasteiger partial charge in [0.05, 0.1) is 22.4 Å². The number of fused-ring (bicyclic) bond motifs is 2. The number of anilines is 1. The summed E-state index contributed by atoms with van der Waals surface area (Å²) >= 11 is 3.06. The quantitative estimate of drug-likeness (QED) is 0.704. The van der Waals surface area contributed by atoms with Crippen molar-refractivity contribution < 1.29 is 9.90 Å². The van der Waals surface area contributed by atoms with Crippen LogP contribution in [0.25, 0.3) is 20.8 Å². The van der Waals surface area contributed by atoms with Gasteiger partial charge in [-0.2, -0.15) is 0 Å². The molecule has 1 aliphatic rings. The van der Waals surface area contributed by atoms with Crippen LogP contribution >= 0.6 is 22.7 Å². The van der Waals surface area contributed by atoms with Crippen molar-refractivity contribution in [1.29, 1.82) is 0 Å². The molecule has 0 aliphatic carbocycles. The molecule has 1 atom stereocenters. The lowest BCUT2D eigenvalue weighted by Crippen LogP contribution is -2.41. The first-order valence-corrected chi connectivity index (χ1v) is 8.78. The molecule has 3 aromatic rings. The second-order valence-corrected chi connectivity index (χ2v) is 7.74. The maximum absolute atomic E-state index is 11.3. The lowest BCUT2D eigenvalue weighted by atomic mass is 9.98. The number of aromatic nitrogens is 2. The molecule has 23 heavy (non-hydrogen) atoms. The van der Waals surface area contributed by atoms with Gasteiger partial charge < -0.3 is 15.7 Å². The van der Waals surface area contributed by atoms with E-state index in [1.165, 1.54) is 16.2 Å². The zero-order valence-electron chi connectivity index (χ0n) is 12.3. The number of rotatable bonds is 1. The molecule has 4 heterocycles. The number of pyridine rings is 1. The standard InChI is InChI=1S/C15H14N4O2S2/c1-7-4-8-11(6-19(7)15(20)21)22-13(16)12(8)14-18-9-5-17-3-2-10(9)23-14/h2-3,5,7H,4,6,16H2,1H3,(H,20,21)/t7-/m1/s1. The normalized spacial score (nSPS) is 17.4. The molecule has 0 aromatic carbocycles. The van der Waals surface area contributed by atoms with Gasteiger partial charge in [-0.3, -0.25) is 4.98 Å². The van der Waals surface area contributed by atoms with E-state index in [1.54, 1.807) is 23.7 Å². The number of thiazole rings is 1. The molecule has 0 saturated heterocycles. The van der Waals surface area contributed by atoms with Crippen molar-refractivity contribution >= 4 is 44.0 Å². The van der Waals surface area contributed by atoms with Crippen molar-refractivity contribution in [3.05, 3.63) is 28.9 Å². The van der Waals surface area contributed by atoms with Crippen LogP contribution in [0.5, 0.6) is 0 Å². The summed E-state index contributed by atoms with van der Waals surface area (Å²) in [6.45, 7) is 2.32. The zero-order valence-corrected chi connectivity index (χ0v) is 13.9. The molecule has 8 heteroatoms. The zero-order chi connectivity index (χ0) is 16.1. The molecule has 0 spiro atoms. The monoisotopic (exact) mass is 346 g/mol. The fourth-order valence-corrected chi connectivity index (χ4v) is 5.15. The molecule has 1 aliphatic heterocycles. The van der Waals surface area contributed by atoms with Gasteiger partial charge in [-0.1, -0.05) is 0 Å². The fourth-order valence-electron chi connectivity index (χ4n) is 2.97. The summed E-state index contributed by atoms with van der Waals surface area (Å²) in [5.41, 5.74) is 9.23. The predicted octanol–water partition coefficient (Wildman–Crippen LogP) is 3.43. The van der Waals surface area contributed by atoms with Crippen LogP contribution in [-0.2, 0) is 13.0 Å². The summed E-state index contributed by atoms with van der Waals surface area (Å²) < 4.78 is 1.07. The molecule has 0 fully saturated rings. The average Bonchev–Trinajstić information content (AvgIpc) is 3.05. The topological polar surface area (TPSA) is 92.3 Å².